The van der Waals surface area contributed by atoms with E-state index in [1.165, 1.54) is 0 Å². The zero-order valence-corrected chi connectivity index (χ0v) is 17.6. The number of benzene rings is 1. The zero-order valence-electron chi connectivity index (χ0n) is 17.6. The highest BCUT2D eigenvalue weighted by Crippen LogP contribution is 2.15. The number of piperazine rings is 1. The zero-order chi connectivity index (χ0) is 21.3. The highest BCUT2D eigenvalue weighted by Gasteiger charge is 2.22. The fourth-order valence-corrected chi connectivity index (χ4v) is 3.13. The van der Waals surface area contributed by atoms with Gasteiger partial charge in [0.2, 0.25) is 0 Å². The summed E-state index contributed by atoms with van der Waals surface area (Å²) in [6.07, 6.45) is 2.73. The predicted octanol–water partition coefficient (Wildman–Crippen LogP) is 3.01. The molecule has 1 amide bonds. The molecule has 7 heteroatoms. The predicted molar refractivity (Wildman–Crippen MR) is 115 cm³/mol. The van der Waals surface area contributed by atoms with Gasteiger partial charge in [-0.1, -0.05) is 19.9 Å². The molecule has 1 fully saturated rings. The van der Waals surface area contributed by atoms with Crippen molar-refractivity contribution >= 4 is 17.7 Å². The van der Waals surface area contributed by atoms with Crippen molar-refractivity contribution in [2.24, 2.45) is 5.92 Å². The van der Waals surface area contributed by atoms with E-state index in [0.29, 0.717) is 50.0 Å². The number of pyridine rings is 1. The first-order valence-electron chi connectivity index (χ1n) is 10.4. The van der Waals surface area contributed by atoms with Crippen molar-refractivity contribution in [2.75, 3.05) is 44.3 Å². The minimum atomic E-state index is -0.510. The molecule has 1 saturated heterocycles. The molecule has 0 bridgehead atoms. The smallest absolute Gasteiger partial charge is 0.338 e. The maximum atomic E-state index is 12.4. The van der Waals surface area contributed by atoms with Crippen LogP contribution in [0.5, 0.6) is 5.75 Å². The summed E-state index contributed by atoms with van der Waals surface area (Å²) in [7, 11) is 0. The molecule has 1 aliphatic rings. The van der Waals surface area contributed by atoms with Crippen LogP contribution in [-0.4, -0.2) is 61.2 Å². The van der Waals surface area contributed by atoms with E-state index in [9.17, 15) is 9.59 Å². The lowest BCUT2D eigenvalue weighted by atomic mass is 10.1. The van der Waals surface area contributed by atoms with E-state index in [2.05, 4.69) is 23.7 Å². The van der Waals surface area contributed by atoms with Crippen molar-refractivity contribution in [3.05, 3.63) is 54.2 Å². The summed E-state index contributed by atoms with van der Waals surface area (Å²) in [4.78, 5) is 32.8. The van der Waals surface area contributed by atoms with Crippen molar-refractivity contribution in [3.8, 4) is 5.75 Å². The van der Waals surface area contributed by atoms with Gasteiger partial charge in [0.15, 0.2) is 6.61 Å². The highest BCUT2D eigenvalue weighted by molar-refractivity contribution is 5.91. The summed E-state index contributed by atoms with van der Waals surface area (Å²) in [5, 5.41) is 0. The second-order valence-electron chi connectivity index (χ2n) is 7.69. The van der Waals surface area contributed by atoms with Crippen LogP contribution in [0.4, 0.5) is 5.82 Å². The van der Waals surface area contributed by atoms with Gasteiger partial charge in [-0.15, -0.1) is 0 Å². The Morgan fingerprint density at radius 2 is 1.77 bits per heavy atom. The largest absolute Gasteiger partial charge is 0.494 e. The Kier molecular flexibility index (Phi) is 7.65. The van der Waals surface area contributed by atoms with Gasteiger partial charge in [0.1, 0.15) is 11.6 Å². The third-order valence-electron chi connectivity index (χ3n) is 4.99. The van der Waals surface area contributed by atoms with Crippen LogP contribution < -0.4 is 9.64 Å². The van der Waals surface area contributed by atoms with E-state index in [4.69, 9.17) is 9.47 Å². The third kappa shape index (κ3) is 6.20. The topological polar surface area (TPSA) is 72.0 Å². The molecule has 0 aliphatic carbocycles. The van der Waals surface area contributed by atoms with Crippen LogP contribution in [-0.2, 0) is 9.53 Å². The Balaban J connectivity index is 1.41. The van der Waals surface area contributed by atoms with Gasteiger partial charge in [-0.2, -0.15) is 0 Å². The lowest BCUT2D eigenvalue weighted by Crippen LogP contribution is -2.50. The highest BCUT2D eigenvalue weighted by atomic mass is 16.5. The number of hydrogen-bond donors (Lipinski definition) is 0. The van der Waals surface area contributed by atoms with Gasteiger partial charge in [-0.05, 0) is 48.7 Å². The summed E-state index contributed by atoms with van der Waals surface area (Å²) in [6.45, 7) is 7.24. The monoisotopic (exact) mass is 411 g/mol. The van der Waals surface area contributed by atoms with E-state index in [1.807, 2.05) is 18.2 Å². The summed E-state index contributed by atoms with van der Waals surface area (Å²) < 4.78 is 10.9. The Labute approximate surface area is 177 Å². The Hall–Kier alpha value is -3.09. The number of hydrogen-bond acceptors (Lipinski definition) is 6. The number of carbonyl (C=O) groups is 2. The second-order valence-corrected chi connectivity index (χ2v) is 7.69. The Morgan fingerprint density at radius 3 is 2.40 bits per heavy atom. The van der Waals surface area contributed by atoms with Gasteiger partial charge in [0, 0.05) is 32.4 Å². The molecule has 1 aliphatic heterocycles. The average Bonchev–Trinajstić information content (AvgIpc) is 2.78. The molecule has 0 N–H and O–H groups in total. The number of carbonyl (C=O) groups excluding carboxylic acids is 2. The molecular weight excluding hydrogens is 382 g/mol. The Morgan fingerprint density at radius 1 is 1.03 bits per heavy atom. The lowest BCUT2D eigenvalue weighted by Gasteiger charge is -2.35. The van der Waals surface area contributed by atoms with Crippen molar-refractivity contribution < 1.29 is 19.1 Å². The van der Waals surface area contributed by atoms with Gasteiger partial charge in [-0.25, -0.2) is 9.78 Å². The third-order valence-corrected chi connectivity index (χ3v) is 4.99. The van der Waals surface area contributed by atoms with Gasteiger partial charge in [-0.3, -0.25) is 4.79 Å². The van der Waals surface area contributed by atoms with Crippen molar-refractivity contribution in [1.29, 1.82) is 0 Å². The second kappa shape index (κ2) is 10.6. The summed E-state index contributed by atoms with van der Waals surface area (Å²) >= 11 is 0. The number of nitrogens with zero attached hydrogens (tertiary/aromatic N) is 3. The average molecular weight is 412 g/mol. The fourth-order valence-electron chi connectivity index (χ4n) is 3.13. The molecule has 7 nitrogen and oxygen atoms in total. The van der Waals surface area contributed by atoms with Crippen molar-refractivity contribution in [3.63, 3.8) is 0 Å². The number of anilines is 1. The van der Waals surface area contributed by atoms with Crippen LogP contribution in [0.2, 0.25) is 0 Å². The first kappa shape index (κ1) is 21.6. The fraction of sp³-hybridized carbons (Fsp3) is 0.435. The molecule has 160 valence electrons. The van der Waals surface area contributed by atoms with E-state index >= 15 is 0 Å². The molecule has 0 unspecified atom stereocenters. The minimum Gasteiger partial charge on any atom is -0.494 e. The quantitative estimate of drug-likeness (QED) is 0.622. The molecule has 0 radical (unpaired) electrons. The molecule has 3 rings (SSSR count). The number of amides is 1. The summed E-state index contributed by atoms with van der Waals surface area (Å²) in [5.41, 5.74) is 0.402. The van der Waals surface area contributed by atoms with E-state index in [0.717, 1.165) is 12.2 Å². The molecular formula is C23H29N3O4. The molecule has 1 aromatic carbocycles. The van der Waals surface area contributed by atoms with Crippen LogP contribution in [0.15, 0.2) is 48.7 Å². The maximum absolute atomic E-state index is 12.4. The molecule has 0 spiro atoms. The summed E-state index contributed by atoms with van der Waals surface area (Å²) in [6, 6.07) is 12.6. The van der Waals surface area contributed by atoms with Crippen LogP contribution in [0, 0.1) is 5.92 Å². The first-order valence-corrected chi connectivity index (χ1v) is 10.4. The molecule has 1 aromatic heterocycles. The van der Waals surface area contributed by atoms with Gasteiger partial charge in [0.05, 0.1) is 12.2 Å². The Bertz CT molecular complexity index is 816. The lowest BCUT2D eigenvalue weighted by molar-refractivity contribution is -0.134. The number of esters is 1. The van der Waals surface area contributed by atoms with E-state index in [1.54, 1.807) is 35.4 Å². The van der Waals surface area contributed by atoms with Crippen LogP contribution >= 0.6 is 0 Å². The van der Waals surface area contributed by atoms with Gasteiger partial charge >= 0.3 is 5.97 Å². The molecule has 0 saturated carbocycles. The number of ether oxygens (including phenoxy) is 2. The van der Waals surface area contributed by atoms with E-state index < -0.39 is 5.97 Å². The van der Waals surface area contributed by atoms with Crippen LogP contribution in [0.25, 0.3) is 0 Å². The molecule has 2 heterocycles. The normalized spacial score (nSPS) is 14.0. The number of aromatic nitrogens is 1. The molecule has 30 heavy (non-hydrogen) atoms. The maximum Gasteiger partial charge on any atom is 0.338 e. The number of rotatable bonds is 8. The van der Waals surface area contributed by atoms with Crippen LogP contribution in [0.3, 0.4) is 0 Å². The van der Waals surface area contributed by atoms with Crippen molar-refractivity contribution in [2.45, 2.75) is 20.3 Å². The first-order chi connectivity index (χ1) is 14.5. The van der Waals surface area contributed by atoms with Gasteiger partial charge in [0.25, 0.3) is 5.91 Å². The van der Waals surface area contributed by atoms with Crippen LogP contribution in [0.1, 0.15) is 30.6 Å². The summed E-state index contributed by atoms with van der Waals surface area (Å²) in [5.74, 6) is 1.51. The van der Waals surface area contributed by atoms with Crippen molar-refractivity contribution in [1.82, 2.24) is 9.88 Å². The minimum absolute atomic E-state index is 0.183. The molecule has 2 aromatic rings. The standard InChI is InChI=1S/C23H29N3O4/c1-18(2)10-16-29-20-8-6-19(7-9-20)23(28)30-17-22(27)26-14-12-25(13-15-26)21-5-3-4-11-24-21/h3-9,11,18H,10,12-17H2,1-2H3. The SMILES string of the molecule is CC(C)CCOc1ccc(C(=O)OCC(=O)N2CCN(c3ccccn3)CC2)cc1. The molecule has 0 atom stereocenters. The van der Waals surface area contributed by atoms with Gasteiger partial charge < -0.3 is 19.3 Å². The van der Waals surface area contributed by atoms with E-state index in [-0.39, 0.29) is 12.5 Å².